The zero-order valence-corrected chi connectivity index (χ0v) is 13.1. The van der Waals surface area contributed by atoms with Crippen molar-refractivity contribution in [3.05, 3.63) is 12.2 Å². The van der Waals surface area contributed by atoms with Crippen molar-refractivity contribution in [1.82, 2.24) is 0 Å². The van der Waals surface area contributed by atoms with Crippen molar-refractivity contribution >= 4 is 11.9 Å². The summed E-state index contributed by atoms with van der Waals surface area (Å²) < 4.78 is 5.52. The van der Waals surface area contributed by atoms with Gasteiger partial charge in [0, 0.05) is 5.57 Å². The Hall–Kier alpha value is -1.32. The molecule has 0 aromatic carbocycles. The fourth-order valence-corrected chi connectivity index (χ4v) is 2.61. The van der Waals surface area contributed by atoms with E-state index >= 15 is 0 Å². The van der Waals surface area contributed by atoms with E-state index in [1.807, 2.05) is 0 Å². The quantitative estimate of drug-likeness (QED) is 0.354. The zero-order valence-electron chi connectivity index (χ0n) is 13.1. The van der Waals surface area contributed by atoms with Gasteiger partial charge in [0.05, 0.1) is 6.42 Å². The highest BCUT2D eigenvalue weighted by atomic mass is 16.5. The Kier molecular flexibility index (Phi) is 8.09. The molecule has 1 rings (SSSR count). The summed E-state index contributed by atoms with van der Waals surface area (Å²) in [5, 5.41) is 8.75. The monoisotopic (exact) mass is 296 g/mol. The Morgan fingerprint density at radius 1 is 1.24 bits per heavy atom. The maximum atomic E-state index is 11.8. The normalized spacial score (nSPS) is 16.0. The first-order chi connectivity index (χ1) is 10.0. The van der Waals surface area contributed by atoms with Gasteiger partial charge in [-0.05, 0) is 31.6 Å². The summed E-state index contributed by atoms with van der Waals surface area (Å²) in [6.07, 6.45) is 10.1. The SMILES string of the molecule is C=C(CC(=O)OC(CCCCCCC)C1CCC1)C(=O)O. The van der Waals surface area contributed by atoms with Gasteiger partial charge in [-0.3, -0.25) is 4.79 Å². The highest BCUT2D eigenvalue weighted by Gasteiger charge is 2.30. The molecule has 1 aliphatic rings. The van der Waals surface area contributed by atoms with Gasteiger partial charge < -0.3 is 9.84 Å². The van der Waals surface area contributed by atoms with Crippen molar-refractivity contribution in [2.45, 2.75) is 77.2 Å². The van der Waals surface area contributed by atoms with Crippen LogP contribution in [0, 0.1) is 5.92 Å². The number of carboxylic acid groups (broad SMARTS) is 1. The topological polar surface area (TPSA) is 63.6 Å². The minimum Gasteiger partial charge on any atom is -0.478 e. The van der Waals surface area contributed by atoms with Gasteiger partial charge in [0.1, 0.15) is 6.10 Å². The smallest absolute Gasteiger partial charge is 0.331 e. The lowest BCUT2D eigenvalue weighted by atomic mass is 9.79. The van der Waals surface area contributed by atoms with Gasteiger partial charge >= 0.3 is 11.9 Å². The average Bonchev–Trinajstić information content (AvgIpc) is 2.35. The predicted octanol–water partition coefficient (Wildman–Crippen LogP) is 4.09. The standard InChI is InChI=1S/C17H28O4/c1-3-4-5-6-7-11-15(14-9-8-10-14)21-16(18)12-13(2)17(19)20/h14-15H,2-12H2,1H3,(H,19,20). The molecule has 0 saturated heterocycles. The number of unbranched alkanes of at least 4 members (excludes halogenated alkanes) is 4. The Balaban J connectivity index is 2.33. The molecular weight excluding hydrogens is 268 g/mol. The van der Waals surface area contributed by atoms with Crippen molar-refractivity contribution in [1.29, 1.82) is 0 Å². The highest BCUT2D eigenvalue weighted by molar-refractivity contribution is 5.91. The molecule has 1 fully saturated rings. The summed E-state index contributed by atoms with van der Waals surface area (Å²) >= 11 is 0. The number of ether oxygens (including phenoxy) is 1. The van der Waals surface area contributed by atoms with Gasteiger partial charge in [-0.25, -0.2) is 4.79 Å². The number of esters is 1. The second-order valence-electron chi connectivity index (χ2n) is 6.01. The van der Waals surface area contributed by atoms with E-state index in [1.165, 1.54) is 32.1 Å². The van der Waals surface area contributed by atoms with Crippen molar-refractivity contribution < 1.29 is 19.4 Å². The van der Waals surface area contributed by atoms with Crippen LogP contribution >= 0.6 is 0 Å². The molecule has 1 N–H and O–H groups in total. The molecule has 120 valence electrons. The number of carboxylic acids is 1. The number of carbonyl (C=O) groups is 2. The van der Waals surface area contributed by atoms with Crippen molar-refractivity contribution in [3.8, 4) is 0 Å². The summed E-state index contributed by atoms with van der Waals surface area (Å²) in [6, 6.07) is 0. The maximum Gasteiger partial charge on any atom is 0.331 e. The molecule has 21 heavy (non-hydrogen) atoms. The first-order valence-electron chi connectivity index (χ1n) is 8.15. The molecule has 1 unspecified atom stereocenters. The average molecular weight is 296 g/mol. The Morgan fingerprint density at radius 3 is 2.43 bits per heavy atom. The Bertz CT molecular complexity index is 358. The van der Waals surface area contributed by atoms with Crippen LogP contribution in [0.25, 0.3) is 0 Å². The molecule has 0 aromatic heterocycles. The fraction of sp³-hybridized carbons (Fsp3) is 0.765. The molecule has 4 nitrogen and oxygen atoms in total. The van der Waals surface area contributed by atoms with Crippen LogP contribution in [-0.2, 0) is 14.3 Å². The largest absolute Gasteiger partial charge is 0.478 e. The van der Waals surface area contributed by atoms with Crippen LogP contribution in [-0.4, -0.2) is 23.1 Å². The first kappa shape index (κ1) is 17.7. The second kappa shape index (κ2) is 9.59. The molecule has 4 heteroatoms. The third-order valence-corrected chi connectivity index (χ3v) is 4.21. The van der Waals surface area contributed by atoms with Gasteiger partial charge in [0.25, 0.3) is 0 Å². The molecule has 0 radical (unpaired) electrons. The van der Waals surface area contributed by atoms with Crippen molar-refractivity contribution in [3.63, 3.8) is 0 Å². The summed E-state index contributed by atoms with van der Waals surface area (Å²) in [4.78, 5) is 22.5. The van der Waals surface area contributed by atoms with Crippen LogP contribution in [0.15, 0.2) is 12.2 Å². The molecule has 0 aliphatic heterocycles. The van der Waals surface area contributed by atoms with E-state index in [2.05, 4.69) is 13.5 Å². The summed E-state index contributed by atoms with van der Waals surface area (Å²) in [5.74, 6) is -1.11. The minimum absolute atomic E-state index is 0.0329. The van der Waals surface area contributed by atoms with Crippen LogP contribution in [0.3, 0.4) is 0 Å². The number of carbonyl (C=O) groups excluding carboxylic acids is 1. The number of aliphatic carboxylic acids is 1. The van der Waals surface area contributed by atoms with Gasteiger partial charge in [-0.2, -0.15) is 0 Å². The first-order valence-corrected chi connectivity index (χ1v) is 8.15. The van der Waals surface area contributed by atoms with Crippen LogP contribution in [0.4, 0.5) is 0 Å². The number of rotatable bonds is 11. The fourth-order valence-electron chi connectivity index (χ4n) is 2.61. The molecule has 1 atom stereocenters. The number of hydrogen-bond donors (Lipinski definition) is 1. The molecule has 1 saturated carbocycles. The van der Waals surface area contributed by atoms with Crippen LogP contribution in [0.5, 0.6) is 0 Å². The maximum absolute atomic E-state index is 11.8. The predicted molar refractivity (Wildman–Crippen MR) is 82.0 cm³/mol. The van der Waals surface area contributed by atoms with Gasteiger partial charge in [-0.15, -0.1) is 0 Å². The van der Waals surface area contributed by atoms with E-state index in [4.69, 9.17) is 9.84 Å². The lowest BCUT2D eigenvalue weighted by Crippen LogP contribution is -2.32. The molecule has 1 aliphatic carbocycles. The third kappa shape index (κ3) is 6.78. The number of hydrogen-bond acceptors (Lipinski definition) is 3. The summed E-state index contributed by atoms with van der Waals surface area (Å²) in [6.45, 7) is 5.56. The Labute approximate surface area is 127 Å². The lowest BCUT2D eigenvalue weighted by molar-refractivity contribution is -0.154. The van der Waals surface area contributed by atoms with Crippen LogP contribution in [0.1, 0.15) is 71.1 Å². The van der Waals surface area contributed by atoms with Crippen LogP contribution in [0.2, 0.25) is 0 Å². The van der Waals surface area contributed by atoms with E-state index in [0.29, 0.717) is 5.92 Å². The highest BCUT2D eigenvalue weighted by Crippen LogP contribution is 2.34. The van der Waals surface area contributed by atoms with E-state index in [-0.39, 0.29) is 18.1 Å². The van der Waals surface area contributed by atoms with E-state index in [9.17, 15) is 9.59 Å². The summed E-state index contributed by atoms with van der Waals surface area (Å²) in [5.41, 5.74) is -0.102. The molecule has 0 heterocycles. The molecule has 0 spiro atoms. The van der Waals surface area contributed by atoms with Gasteiger partial charge in [0.15, 0.2) is 0 Å². The van der Waals surface area contributed by atoms with E-state index in [1.54, 1.807) is 0 Å². The second-order valence-corrected chi connectivity index (χ2v) is 6.01. The molecule has 0 aromatic rings. The molecular formula is C17H28O4. The van der Waals surface area contributed by atoms with Crippen molar-refractivity contribution in [2.75, 3.05) is 0 Å². The van der Waals surface area contributed by atoms with Gasteiger partial charge in [0.2, 0.25) is 0 Å². The van der Waals surface area contributed by atoms with Crippen LogP contribution < -0.4 is 0 Å². The van der Waals surface area contributed by atoms with Crippen molar-refractivity contribution in [2.24, 2.45) is 5.92 Å². The molecule has 0 bridgehead atoms. The zero-order chi connectivity index (χ0) is 15.7. The van der Waals surface area contributed by atoms with Gasteiger partial charge in [-0.1, -0.05) is 45.6 Å². The minimum atomic E-state index is -1.13. The third-order valence-electron chi connectivity index (χ3n) is 4.21. The summed E-state index contributed by atoms with van der Waals surface area (Å²) in [7, 11) is 0. The Morgan fingerprint density at radius 2 is 1.90 bits per heavy atom. The van der Waals surface area contributed by atoms with E-state index < -0.39 is 11.9 Å². The van der Waals surface area contributed by atoms with E-state index in [0.717, 1.165) is 25.7 Å². The lowest BCUT2D eigenvalue weighted by Gasteiger charge is -2.33. The molecule has 0 amide bonds.